The van der Waals surface area contributed by atoms with E-state index in [2.05, 4.69) is 4.98 Å². The summed E-state index contributed by atoms with van der Waals surface area (Å²) in [5.74, 6) is 0. The first-order chi connectivity index (χ1) is 8.07. The Kier molecular flexibility index (Phi) is 4.31. The quantitative estimate of drug-likeness (QED) is 0.607. The molecular formula is C10H16ClN5O2. The lowest BCUT2D eigenvalue weighted by Crippen LogP contribution is -3.00. The first-order valence-electron chi connectivity index (χ1n) is 5.46. The van der Waals surface area contributed by atoms with Crippen LogP contribution in [0.2, 0.25) is 0 Å². The predicted octanol–water partition coefficient (Wildman–Crippen LogP) is -5.37. The van der Waals surface area contributed by atoms with Gasteiger partial charge in [-0.2, -0.15) is 0 Å². The van der Waals surface area contributed by atoms with Gasteiger partial charge in [0.15, 0.2) is 11.2 Å². The Labute approximate surface area is 109 Å². The van der Waals surface area contributed by atoms with Gasteiger partial charge >= 0.3 is 5.69 Å². The van der Waals surface area contributed by atoms with Crippen LogP contribution in [0.1, 0.15) is 0 Å². The van der Waals surface area contributed by atoms with Crippen molar-refractivity contribution in [3.63, 3.8) is 0 Å². The molecule has 2 aromatic heterocycles. The topological polar surface area (TPSA) is 78.4 Å². The van der Waals surface area contributed by atoms with Gasteiger partial charge in [0.05, 0.1) is 26.5 Å². The SMILES string of the molecule is C[NH2+]CCn1cnc2c1c(=O)n(C)c(=O)n2C.[Cl-]. The predicted molar refractivity (Wildman–Crippen MR) is 62.9 cm³/mol. The third kappa shape index (κ3) is 2.06. The highest BCUT2D eigenvalue weighted by Gasteiger charge is 2.13. The van der Waals surface area contributed by atoms with Crippen LogP contribution in [0, 0.1) is 0 Å². The van der Waals surface area contributed by atoms with Gasteiger partial charge in [0, 0.05) is 14.1 Å². The lowest BCUT2D eigenvalue weighted by molar-refractivity contribution is -0.627. The minimum absolute atomic E-state index is 0. The number of halogens is 1. The molecule has 100 valence electrons. The van der Waals surface area contributed by atoms with Gasteiger partial charge in [-0.1, -0.05) is 0 Å². The minimum Gasteiger partial charge on any atom is -1.00 e. The smallest absolute Gasteiger partial charge is 0.332 e. The van der Waals surface area contributed by atoms with Crippen LogP contribution < -0.4 is 29.0 Å². The van der Waals surface area contributed by atoms with E-state index in [4.69, 9.17) is 0 Å². The highest BCUT2D eigenvalue weighted by molar-refractivity contribution is 5.69. The molecule has 18 heavy (non-hydrogen) atoms. The molecule has 0 fully saturated rings. The molecule has 0 aliphatic carbocycles. The van der Waals surface area contributed by atoms with Gasteiger partial charge in [-0.15, -0.1) is 0 Å². The van der Waals surface area contributed by atoms with E-state index < -0.39 is 0 Å². The van der Waals surface area contributed by atoms with Crippen molar-refractivity contribution in [2.45, 2.75) is 6.54 Å². The maximum Gasteiger partial charge on any atom is 0.332 e. The van der Waals surface area contributed by atoms with Gasteiger partial charge in [-0.05, 0) is 0 Å². The van der Waals surface area contributed by atoms with Gasteiger partial charge in [-0.3, -0.25) is 13.9 Å². The second-order valence-corrected chi connectivity index (χ2v) is 4.01. The normalized spacial score (nSPS) is 10.6. The number of fused-ring (bicyclic) bond motifs is 1. The summed E-state index contributed by atoms with van der Waals surface area (Å²) in [6.07, 6.45) is 1.61. The van der Waals surface area contributed by atoms with E-state index >= 15 is 0 Å². The molecule has 2 N–H and O–H groups in total. The van der Waals surface area contributed by atoms with Crippen LogP contribution in [0.25, 0.3) is 11.2 Å². The van der Waals surface area contributed by atoms with Gasteiger partial charge in [0.25, 0.3) is 5.56 Å². The Balaban J connectivity index is 0.00000162. The minimum atomic E-state index is -0.352. The summed E-state index contributed by atoms with van der Waals surface area (Å²) in [4.78, 5) is 27.9. The van der Waals surface area contributed by atoms with Crippen LogP contribution in [0.15, 0.2) is 15.9 Å². The Bertz CT molecular complexity index is 669. The van der Waals surface area contributed by atoms with Gasteiger partial charge in [0.1, 0.15) is 0 Å². The standard InChI is InChI=1S/C10H15N5O2.ClH/c1-11-4-5-15-6-12-8-7(15)9(16)14(3)10(17)13(8)2;/h6,11H,4-5H2,1-3H3;1H. The molecule has 7 nitrogen and oxygen atoms in total. The molecule has 0 spiro atoms. The second kappa shape index (κ2) is 5.36. The number of likely N-dealkylation sites (N-methyl/N-ethyl adjacent to an activating group) is 1. The second-order valence-electron chi connectivity index (χ2n) is 4.01. The van der Waals surface area contributed by atoms with Crippen LogP contribution in [0.3, 0.4) is 0 Å². The fraction of sp³-hybridized carbons (Fsp3) is 0.500. The molecule has 2 heterocycles. The molecule has 0 amide bonds. The lowest BCUT2D eigenvalue weighted by Gasteiger charge is -2.05. The Morgan fingerprint density at radius 3 is 2.56 bits per heavy atom. The number of aromatic nitrogens is 4. The molecule has 2 rings (SSSR count). The largest absolute Gasteiger partial charge is 1.00 e. The van der Waals surface area contributed by atoms with Gasteiger partial charge in [0.2, 0.25) is 0 Å². The molecule has 0 radical (unpaired) electrons. The van der Waals surface area contributed by atoms with Gasteiger partial charge < -0.3 is 22.3 Å². The zero-order valence-corrected chi connectivity index (χ0v) is 11.3. The molecule has 0 saturated carbocycles. The van der Waals surface area contributed by atoms with Gasteiger partial charge in [-0.25, -0.2) is 9.78 Å². The molecule has 0 unspecified atom stereocenters. The molecule has 0 bridgehead atoms. The van der Waals surface area contributed by atoms with Crippen molar-refractivity contribution in [1.29, 1.82) is 0 Å². The number of imidazole rings is 1. The van der Waals surface area contributed by atoms with Crippen LogP contribution in [0.5, 0.6) is 0 Å². The average Bonchev–Trinajstić information content (AvgIpc) is 2.75. The fourth-order valence-electron chi connectivity index (χ4n) is 1.83. The van der Waals surface area contributed by atoms with E-state index in [1.54, 1.807) is 17.9 Å². The van der Waals surface area contributed by atoms with E-state index in [0.29, 0.717) is 17.7 Å². The summed E-state index contributed by atoms with van der Waals surface area (Å²) < 4.78 is 4.29. The van der Waals surface area contributed by atoms with Crippen LogP contribution in [0.4, 0.5) is 0 Å². The number of nitrogens with zero attached hydrogens (tertiary/aromatic N) is 4. The summed E-state index contributed by atoms with van der Waals surface area (Å²) >= 11 is 0. The van der Waals surface area contributed by atoms with Crippen molar-refractivity contribution >= 4 is 11.2 Å². The highest BCUT2D eigenvalue weighted by Crippen LogP contribution is 2.04. The first-order valence-corrected chi connectivity index (χ1v) is 5.46. The molecule has 8 heteroatoms. The van der Waals surface area contributed by atoms with Crippen LogP contribution in [-0.4, -0.2) is 32.3 Å². The number of aryl methyl sites for hydroxylation is 1. The van der Waals surface area contributed by atoms with Crippen molar-refractivity contribution in [2.24, 2.45) is 14.1 Å². The molecule has 0 atom stereocenters. The molecule has 0 aliphatic heterocycles. The van der Waals surface area contributed by atoms with E-state index in [1.165, 1.54) is 11.6 Å². The average molecular weight is 274 g/mol. The number of rotatable bonds is 3. The molecule has 2 aromatic rings. The fourth-order valence-corrected chi connectivity index (χ4v) is 1.83. The van der Waals surface area contributed by atoms with Crippen molar-refractivity contribution in [3.05, 3.63) is 27.2 Å². The van der Waals surface area contributed by atoms with Crippen molar-refractivity contribution < 1.29 is 17.7 Å². The van der Waals surface area contributed by atoms with E-state index in [9.17, 15) is 9.59 Å². The monoisotopic (exact) mass is 273 g/mol. The Hall–Kier alpha value is -1.60. The maximum absolute atomic E-state index is 12.0. The Morgan fingerprint density at radius 1 is 1.28 bits per heavy atom. The molecule has 0 aromatic carbocycles. The van der Waals surface area contributed by atoms with Crippen molar-refractivity contribution in [2.75, 3.05) is 13.6 Å². The third-order valence-corrected chi connectivity index (χ3v) is 2.88. The number of hydrogen-bond donors (Lipinski definition) is 1. The van der Waals surface area contributed by atoms with Crippen LogP contribution in [-0.2, 0) is 20.6 Å². The summed E-state index contributed by atoms with van der Waals surface area (Å²) in [7, 11) is 5.06. The zero-order valence-electron chi connectivity index (χ0n) is 10.6. The zero-order chi connectivity index (χ0) is 12.6. The number of nitrogens with two attached hydrogens (primary N) is 1. The van der Waals surface area contributed by atoms with Crippen molar-refractivity contribution in [3.8, 4) is 0 Å². The first kappa shape index (κ1) is 14.5. The van der Waals surface area contributed by atoms with Crippen molar-refractivity contribution in [1.82, 2.24) is 18.7 Å². The van der Waals surface area contributed by atoms with E-state index in [1.807, 2.05) is 12.4 Å². The maximum atomic E-state index is 12.0. The Morgan fingerprint density at radius 2 is 1.94 bits per heavy atom. The summed E-state index contributed by atoms with van der Waals surface area (Å²) in [5.41, 5.74) is 0.275. The lowest BCUT2D eigenvalue weighted by atomic mass is 10.5. The molecular weight excluding hydrogens is 258 g/mol. The van der Waals surface area contributed by atoms with E-state index in [0.717, 1.165) is 11.1 Å². The highest BCUT2D eigenvalue weighted by atomic mass is 35.5. The summed E-state index contributed by atoms with van der Waals surface area (Å²) in [6, 6.07) is 0. The summed E-state index contributed by atoms with van der Waals surface area (Å²) in [5, 5.41) is 2.03. The van der Waals surface area contributed by atoms with E-state index in [-0.39, 0.29) is 23.7 Å². The number of quaternary nitrogens is 1. The number of hydrogen-bond acceptors (Lipinski definition) is 3. The molecule has 0 aliphatic rings. The third-order valence-electron chi connectivity index (χ3n) is 2.88. The van der Waals surface area contributed by atoms with Crippen LogP contribution >= 0.6 is 0 Å². The molecule has 0 saturated heterocycles. The summed E-state index contributed by atoms with van der Waals surface area (Å²) in [6.45, 7) is 1.55.